The smallest absolute Gasteiger partial charge is 0.274 e. The lowest BCUT2D eigenvalue weighted by Crippen LogP contribution is -2.37. The molecule has 30 heavy (non-hydrogen) atoms. The molecule has 5 rings (SSSR count). The van der Waals surface area contributed by atoms with Crippen LogP contribution in [0.4, 0.5) is 0 Å². The van der Waals surface area contributed by atoms with E-state index in [0.29, 0.717) is 37.5 Å². The van der Waals surface area contributed by atoms with Gasteiger partial charge in [0.25, 0.3) is 11.5 Å². The predicted molar refractivity (Wildman–Crippen MR) is 112 cm³/mol. The molecule has 0 fully saturated rings. The highest BCUT2D eigenvalue weighted by Crippen LogP contribution is 2.19. The van der Waals surface area contributed by atoms with Gasteiger partial charge in [0.15, 0.2) is 0 Å². The molecule has 1 aliphatic heterocycles. The van der Waals surface area contributed by atoms with Gasteiger partial charge in [-0.1, -0.05) is 30.3 Å². The Labute approximate surface area is 173 Å². The molecule has 7 nitrogen and oxygen atoms in total. The Bertz CT molecular complexity index is 1240. The van der Waals surface area contributed by atoms with Crippen molar-refractivity contribution in [1.82, 2.24) is 23.8 Å². The van der Waals surface area contributed by atoms with Gasteiger partial charge in [0, 0.05) is 50.5 Å². The van der Waals surface area contributed by atoms with E-state index in [1.54, 1.807) is 38.4 Å². The molecule has 7 heteroatoms. The molecule has 1 aromatic carbocycles. The van der Waals surface area contributed by atoms with Crippen LogP contribution in [0.25, 0.3) is 5.78 Å². The van der Waals surface area contributed by atoms with Crippen molar-refractivity contribution in [1.29, 1.82) is 0 Å². The predicted octanol–water partition coefficient (Wildman–Crippen LogP) is 2.33. The zero-order chi connectivity index (χ0) is 20.5. The van der Waals surface area contributed by atoms with Crippen molar-refractivity contribution in [2.24, 2.45) is 0 Å². The van der Waals surface area contributed by atoms with Gasteiger partial charge in [0.1, 0.15) is 5.69 Å². The van der Waals surface area contributed by atoms with Gasteiger partial charge in [-0.15, -0.1) is 0 Å². The molecule has 0 spiro atoms. The molecule has 0 N–H and O–H groups in total. The van der Waals surface area contributed by atoms with E-state index in [4.69, 9.17) is 0 Å². The van der Waals surface area contributed by atoms with Crippen LogP contribution in [0.1, 0.15) is 27.2 Å². The standard InChI is InChI=1S/C23H21N5O2/c29-21-13-18-8-12-27(22(30)20-16-28-10-4-9-24-23(28)25-20)15-19(18)14-26(21)11-7-17-5-2-1-3-6-17/h1-6,9-10,13-14,16H,7-8,11-12,15H2. The van der Waals surface area contributed by atoms with Crippen LogP contribution in [0.5, 0.6) is 0 Å². The number of nitrogens with zero attached hydrogens (tertiary/aromatic N) is 5. The van der Waals surface area contributed by atoms with Crippen molar-refractivity contribution in [3.63, 3.8) is 0 Å². The third-order valence-corrected chi connectivity index (χ3v) is 5.54. The fourth-order valence-corrected chi connectivity index (χ4v) is 3.91. The summed E-state index contributed by atoms with van der Waals surface area (Å²) in [5.74, 6) is 0.390. The Balaban J connectivity index is 1.36. The number of aryl methyl sites for hydroxylation is 2. The van der Waals surface area contributed by atoms with Crippen LogP contribution >= 0.6 is 0 Å². The quantitative estimate of drug-likeness (QED) is 0.528. The summed E-state index contributed by atoms with van der Waals surface area (Å²) in [4.78, 5) is 35.8. The van der Waals surface area contributed by atoms with Crippen molar-refractivity contribution < 1.29 is 4.79 Å². The Morgan fingerprint density at radius 1 is 1.07 bits per heavy atom. The minimum absolute atomic E-state index is 0.0101. The van der Waals surface area contributed by atoms with Gasteiger partial charge in [-0.3, -0.25) is 14.0 Å². The van der Waals surface area contributed by atoms with E-state index >= 15 is 0 Å². The maximum atomic E-state index is 13.0. The van der Waals surface area contributed by atoms with E-state index in [-0.39, 0.29) is 11.5 Å². The fraction of sp³-hybridized carbons (Fsp3) is 0.217. The highest BCUT2D eigenvalue weighted by atomic mass is 16.2. The Morgan fingerprint density at radius 2 is 1.93 bits per heavy atom. The number of imidazole rings is 1. The number of carbonyl (C=O) groups is 1. The molecule has 0 radical (unpaired) electrons. The van der Waals surface area contributed by atoms with Crippen LogP contribution in [0, 0.1) is 0 Å². The van der Waals surface area contributed by atoms with Crippen molar-refractivity contribution in [2.45, 2.75) is 25.9 Å². The topological polar surface area (TPSA) is 72.5 Å². The first-order valence-electron chi connectivity index (χ1n) is 10.0. The lowest BCUT2D eigenvalue weighted by atomic mass is 10.0. The number of hydrogen-bond donors (Lipinski definition) is 0. The fourth-order valence-electron chi connectivity index (χ4n) is 3.91. The van der Waals surface area contributed by atoms with Crippen molar-refractivity contribution in [3.8, 4) is 0 Å². The number of aromatic nitrogens is 4. The molecule has 1 amide bonds. The second-order valence-corrected chi connectivity index (χ2v) is 7.52. The van der Waals surface area contributed by atoms with Crippen LogP contribution < -0.4 is 5.56 Å². The third kappa shape index (κ3) is 3.50. The zero-order valence-electron chi connectivity index (χ0n) is 16.4. The highest BCUT2D eigenvalue weighted by molar-refractivity contribution is 5.92. The van der Waals surface area contributed by atoms with E-state index in [2.05, 4.69) is 22.1 Å². The summed E-state index contributed by atoms with van der Waals surface area (Å²) < 4.78 is 3.49. The highest BCUT2D eigenvalue weighted by Gasteiger charge is 2.24. The van der Waals surface area contributed by atoms with Crippen LogP contribution in [-0.2, 0) is 25.9 Å². The second-order valence-electron chi connectivity index (χ2n) is 7.52. The van der Waals surface area contributed by atoms with Crippen LogP contribution in [-0.4, -0.2) is 36.3 Å². The first-order chi connectivity index (χ1) is 14.7. The van der Waals surface area contributed by atoms with Crippen molar-refractivity contribution in [3.05, 3.63) is 100.0 Å². The van der Waals surface area contributed by atoms with E-state index in [1.165, 1.54) is 5.56 Å². The van der Waals surface area contributed by atoms with Gasteiger partial charge in [-0.2, -0.15) is 0 Å². The third-order valence-electron chi connectivity index (χ3n) is 5.54. The van der Waals surface area contributed by atoms with Crippen molar-refractivity contribution in [2.75, 3.05) is 6.54 Å². The number of carbonyl (C=O) groups excluding carboxylic acids is 1. The molecule has 0 unspecified atom stereocenters. The van der Waals surface area contributed by atoms with Gasteiger partial charge >= 0.3 is 0 Å². The molecule has 0 saturated carbocycles. The normalized spacial score (nSPS) is 13.4. The Morgan fingerprint density at radius 3 is 2.77 bits per heavy atom. The van der Waals surface area contributed by atoms with E-state index in [9.17, 15) is 9.59 Å². The lowest BCUT2D eigenvalue weighted by molar-refractivity contribution is 0.0729. The summed E-state index contributed by atoms with van der Waals surface area (Å²) in [7, 11) is 0. The first kappa shape index (κ1) is 18.3. The molecule has 150 valence electrons. The SMILES string of the molecule is O=C(c1cn2cccnc2n1)N1CCc2cc(=O)n(CCc3ccccc3)cc2C1. The number of pyridine rings is 1. The van der Waals surface area contributed by atoms with Crippen LogP contribution in [0.2, 0.25) is 0 Å². The van der Waals surface area contributed by atoms with Gasteiger partial charge < -0.3 is 9.47 Å². The lowest BCUT2D eigenvalue weighted by Gasteiger charge is -2.28. The number of benzene rings is 1. The summed E-state index contributed by atoms with van der Waals surface area (Å²) in [6.45, 7) is 1.66. The van der Waals surface area contributed by atoms with Crippen molar-refractivity contribution >= 4 is 11.7 Å². The molecule has 4 aromatic rings. The summed E-state index contributed by atoms with van der Waals surface area (Å²) in [6.07, 6.45) is 8.55. The summed E-state index contributed by atoms with van der Waals surface area (Å²) in [5, 5.41) is 0. The second kappa shape index (κ2) is 7.59. The molecule has 0 bridgehead atoms. The van der Waals surface area contributed by atoms with Gasteiger partial charge in [-0.05, 0) is 35.6 Å². The Kier molecular flexibility index (Phi) is 4.63. The summed E-state index contributed by atoms with van der Waals surface area (Å²) in [5.41, 5.74) is 3.63. The van der Waals surface area contributed by atoms with E-state index in [0.717, 1.165) is 17.5 Å². The maximum absolute atomic E-state index is 13.0. The van der Waals surface area contributed by atoms with E-state index < -0.39 is 0 Å². The molecule has 1 aliphatic rings. The molecule has 3 aromatic heterocycles. The van der Waals surface area contributed by atoms with E-state index in [1.807, 2.05) is 30.6 Å². The maximum Gasteiger partial charge on any atom is 0.274 e. The molecule has 4 heterocycles. The minimum atomic E-state index is -0.117. The monoisotopic (exact) mass is 399 g/mol. The number of amides is 1. The number of rotatable bonds is 4. The largest absolute Gasteiger partial charge is 0.333 e. The van der Waals surface area contributed by atoms with Gasteiger partial charge in [0.05, 0.1) is 0 Å². The average Bonchev–Trinajstić information content (AvgIpc) is 3.22. The Hall–Kier alpha value is -3.74. The molecule has 0 saturated heterocycles. The van der Waals surface area contributed by atoms with Crippen LogP contribution in [0.15, 0.2) is 72.0 Å². The number of hydrogen-bond acceptors (Lipinski definition) is 4. The first-order valence-corrected chi connectivity index (χ1v) is 10.0. The zero-order valence-corrected chi connectivity index (χ0v) is 16.4. The number of fused-ring (bicyclic) bond motifs is 2. The van der Waals surface area contributed by atoms with Crippen LogP contribution in [0.3, 0.4) is 0 Å². The molecule has 0 atom stereocenters. The molecular formula is C23H21N5O2. The summed E-state index contributed by atoms with van der Waals surface area (Å²) in [6, 6.07) is 13.6. The molecule has 0 aliphatic carbocycles. The summed E-state index contributed by atoms with van der Waals surface area (Å²) >= 11 is 0. The molecular weight excluding hydrogens is 378 g/mol. The van der Waals surface area contributed by atoms with Gasteiger partial charge in [-0.25, -0.2) is 9.97 Å². The average molecular weight is 399 g/mol. The van der Waals surface area contributed by atoms with Gasteiger partial charge in [0.2, 0.25) is 5.78 Å². The minimum Gasteiger partial charge on any atom is -0.333 e.